The van der Waals surface area contributed by atoms with Crippen LogP contribution in [0.25, 0.3) is 0 Å². The molecule has 1 aliphatic rings. The van der Waals surface area contributed by atoms with Crippen LogP contribution in [0.1, 0.15) is 31.4 Å². The van der Waals surface area contributed by atoms with Crippen molar-refractivity contribution in [2.45, 2.75) is 45.4 Å². The van der Waals surface area contributed by atoms with E-state index in [4.69, 9.17) is 0 Å². The summed E-state index contributed by atoms with van der Waals surface area (Å²) in [4.78, 5) is 2.26. The smallest absolute Gasteiger partial charge is 0.0702 e. The molecule has 0 aliphatic carbocycles. The Morgan fingerprint density at radius 3 is 2.75 bits per heavy atom. The number of likely N-dealkylation sites (N-methyl/N-ethyl adjacent to an activating group) is 1. The van der Waals surface area contributed by atoms with Gasteiger partial charge in [0.15, 0.2) is 0 Å². The highest BCUT2D eigenvalue weighted by molar-refractivity contribution is 5.67. The Kier molecular flexibility index (Phi) is 4.86. The number of rotatable bonds is 5. The predicted molar refractivity (Wildman–Crippen MR) is 81.4 cm³/mol. The van der Waals surface area contributed by atoms with Crippen molar-refractivity contribution in [3.05, 3.63) is 23.3 Å². The van der Waals surface area contributed by atoms with Crippen molar-refractivity contribution in [1.29, 1.82) is 0 Å². The third-order valence-corrected chi connectivity index (χ3v) is 4.03. The molecular weight excluding hydrogens is 254 g/mol. The lowest BCUT2D eigenvalue weighted by atomic mass is 9.94. The van der Waals surface area contributed by atoms with Crippen molar-refractivity contribution < 1.29 is 10.3 Å². The number of nitrogens with zero attached hydrogens (tertiary/aromatic N) is 1. The molecule has 1 aromatic rings. The van der Waals surface area contributed by atoms with Crippen LogP contribution < -0.4 is 15.7 Å². The van der Waals surface area contributed by atoms with Gasteiger partial charge >= 0.3 is 0 Å². The molecule has 20 heavy (non-hydrogen) atoms. The summed E-state index contributed by atoms with van der Waals surface area (Å²) < 4.78 is 0. The fourth-order valence-electron chi connectivity index (χ4n) is 2.77. The van der Waals surface area contributed by atoms with Crippen molar-refractivity contribution in [3.8, 4) is 0 Å². The lowest BCUT2D eigenvalue weighted by Crippen LogP contribution is -2.44. The number of aryl methyl sites for hydroxylation is 1. The summed E-state index contributed by atoms with van der Waals surface area (Å²) >= 11 is 0. The third-order valence-electron chi connectivity index (χ3n) is 4.03. The molecule has 1 aromatic carbocycles. The lowest BCUT2D eigenvalue weighted by Gasteiger charge is -2.37. The van der Waals surface area contributed by atoms with E-state index >= 15 is 0 Å². The summed E-state index contributed by atoms with van der Waals surface area (Å²) in [5, 5.41) is 22.0. The molecule has 1 unspecified atom stereocenters. The van der Waals surface area contributed by atoms with E-state index < -0.39 is 0 Å². The molecule has 1 atom stereocenters. The highest BCUT2D eigenvalue weighted by Crippen LogP contribution is 2.34. The van der Waals surface area contributed by atoms with E-state index in [1.807, 2.05) is 12.1 Å². The molecule has 2 rings (SSSR count). The topological polar surface area (TPSA) is 67.8 Å². The zero-order valence-corrected chi connectivity index (χ0v) is 12.5. The summed E-state index contributed by atoms with van der Waals surface area (Å²) in [6.07, 6.45) is 2.10. The Hall–Kier alpha value is -1.30. The van der Waals surface area contributed by atoms with Gasteiger partial charge in [0.05, 0.1) is 12.3 Å². The van der Waals surface area contributed by atoms with E-state index in [-0.39, 0.29) is 6.61 Å². The Bertz CT molecular complexity index is 463. The van der Waals surface area contributed by atoms with Gasteiger partial charge in [0, 0.05) is 36.9 Å². The van der Waals surface area contributed by atoms with Crippen LogP contribution in [0.3, 0.4) is 0 Å². The standard InChI is InChI=1S/C15H25N3O2/c1-10(2)16-8-13-5-4-11-6-12(9-19)14(17-20)7-15(11)18(13)3/h6-7,10,13,16-17,19-20H,4-5,8-9H2,1-3H3. The molecule has 0 aromatic heterocycles. The number of nitrogens with one attached hydrogen (secondary N) is 2. The SMILES string of the molecule is CC(C)NCC1CCc2cc(CO)c(NO)cc2N1C. The zero-order chi connectivity index (χ0) is 14.7. The molecule has 0 saturated heterocycles. The number of hydrogen-bond acceptors (Lipinski definition) is 5. The molecule has 0 amide bonds. The molecule has 0 bridgehead atoms. The van der Waals surface area contributed by atoms with Gasteiger partial charge in [-0.2, -0.15) is 0 Å². The van der Waals surface area contributed by atoms with E-state index in [0.29, 0.717) is 17.8 Å². The quantitative estimate of drug-likeness (QED) is 0.618. The molecular formula is C15H25N3O2. The fraction of sp³-hybridized carbons (Fsp3) is 0.600. The first-order chi connectivity index (χ1) is 9.56. The number of anilines is 2. The largest absolute Gasteiger partial charge is 0.392 e. The maximum Gasteiger partial charge on any atom is 0.0702 e. The van der Waals surface area contributed by atoms with Crippen molar-refractivity contribution in [2.24, 2.45) is 0 Å². The summed E-state index contributed by atoms with van der Waals surface area (Å²) in [7, 11) is 2.09. The van der Waals surface area contributed by atoms with Crippen LogP contribution in [-0.4, -0.2) is 36.0 Å². The van der Waals surface area contributed by atoms with E-state index in [9.17, 15) is 10.3 Å². The first kappa shape index (κ1) is 15.1. The minimum Gasteiger partial charge on any atom is -0.392 e. The summed E-state index contributed by atoms with van der Waals surface area (Å²) in [6.45, 7) is 5.19. The van der Waals surface area contributed by atoms with Crippen LogP contribution in [0.15, 0.2) is 12.1 Å². The van der Waals surface area contributed by atoms with Gasteiger partial charge in [0.2, 0.25) is 0 Å². The van der Waals surface area contributed by atoms with Gasteiger partial charge in [-0.25, -0.2) is 0 Å². The van der Waals surface area contributed by atoms with Gasteiger partial charge in [0.1, 0.15) is 0 Å². The number of benzene rings is 1. The van der Waals surface area contributed by atoms with E-state index in [2.05, 4.69) is 36.6 Å². The minimum atomic E-state index is -0.0712. The molecule has 5 nitrogen and oxygen atoms in total. The number of aliphatic hydroxyl groups excluding tert-OH is 1. The van der Waals surface area contributed by atoms with Crippen LogP contribution in [0.5, 0.6) is 0 Å². The first-order valence-electron chi connectivity index (χ1n) is 7.19. The normalized spacial score (nSPS) is 18.3. The average Bonchev–Trinajstić information content (AvgIpc) is 2.45. The molecule has 0 spiro atoms. The molecule has 112 valence electrons. The van der Waals surface area contributed by atoms with Crippen molar-refractivity contribution in [2.75, 3.05) is 24.0 Å². The monoisotopic (exact) mass is 279 g/mol. The second kappa shape index (κ2) is 6.43. The molecule has 0 saturated carbocycles. The summed E-state index contributed by atoms with van der Waals surface area (Å²) in [5.74, 6) is 0. The van der Waals surface area contributed by atoms with Crippen LogP contribution in [0.2, 0.25) is 0 Å². The van der Waals surface area contributed by atoms with Gasteiger partial charge in [0.25, 0.3) is 0 Å². The average molecular weight is 279 g/mol. The van der Waals surface area contributed by atoms with Gasteiger partial charge in [-0.1, -0.05) is 13.8 Å². The molecule has 4 N–H and O–H groups in total. The minimum absolute atomic E-state index is 0.0712. The molecule has 5 heteroatoms. The molecule has 1 aliphatic heterocycles. The maximum absolute atomic E-state index is 9.34. The van der Waals surface area contributed by atoms with Crippen molar-refractivity contribution in [1.82, 2.24) is 5.32 Å². The first-order valence-corrected chi connectivity index (χ1v) is 7.19. The van der Waals surface area contributed by atoms with Crippen LogP contribution in [-0.2, 0) is 13.0 Å². The van der Waals surface area contributed by atoms with Gasteiger partial charge in [-0.05, 0) is 30.5 Å². The lowest BCUT2D eigenvalue weighted by molar-refractivity contribution is 0.280. The van der Waals surface area contributed by atoms with Crippen molar-refractivity contribution >= 4 is 11.4 Å². The second-order valence-electron chi connectivity index (χ2n) is 5.77. The number of hydrogen-bond donors (Lipinski definition) is 4. The Morgan fingerprint density at radius 2 is 2.15 bits per heavy atom. The highest BCUT2D eigenvalue weighted by Gasteiger charge is 2.24. The molecule has 0 radical (unpaired) electrons. The van der Waals surface area contributed by atoms with Gasteiger partial charge in [-0.3, -0.25) is 10.7 Å². The van der Waals surface area contributed by atoms with E-state index in [1.54, 1.807) is 0 Å². The Balaban J connectivity index is 2.22. The number of fused-ring (bicyclic) bond motifs is 1. The Labute approximate surface area is 120 Å². The second-order valence-corrected chi connectivity index (χ2v) is 5.77. The third kappa shape index (κ3) is 3.06. The van der Waals surface area contributed by atoms with Crippen molar-refractivity contribution in [3.63, 3.8) is 0 Å². The maximum atomic E-state index is 9.34. The van der Waals surface area contributed by atoms with E-state index in [1.165, 1.54) is 5.56 Å². The predicted octanol–water partition coefficient (Wildman–Crippen LogP) is 1.73. The summed E-state index contributed by atoms with van der Waals surface area (Å²) in [5.41, 5.74) is 5.85. The fourth-order valence-corrected chi connectivity index (χ4v) is 2.77. The molecule has 0 fully saturated rings. The molecule has 1 heterocycles. The number of aliphatic hydroxyl groups is 1. The van der Waals surface area contributed by atoms with Crippen LogP contribution in [0.4, 0.5) is 11.4 Å². The zero-order valence-electron chi connectivity index (χ0n) is 12.5. The van der Waals surface area contributed by atoms with Gasteiger partial charge in [-0.15, -0.1) is 0 Å². The van der Waals surface area contributed by atoms with Crippen LogP contribution >= 0.6 is 0 Å². The van der Waals surface area contributed by atoms with E-state index in [0.717, 1.165) is 30.6 Å². The van der Waals surface area contributed by atoms with Crippen LogP contribution in [0, 0.1) is 0 Å². The highest BCUT2D eigenvalue weighted by atomic mass is 16.5. The summed E-state index contributed by atoms with van der Waals surface area (Å²) in [6, 6.07) is 4.84. The van der Waals surface area contributed by atoms with Gasteiger partial charge < -0.3 is 15.3 Å². The Morgan fingerprint density at radius 1 is 1.40 bits per heavy atom.